The standard InChI is InChI=1S/C21H27ClN4O4/c1-13(12-29-2)30-17-6-3-14(4-7-17)20-24-23-19-11-25(21(27)28)10-15-9-16(22)5-8-18(15)26(19)20/h5,8-9,13-14,17H,3-4,6-7,10-12H2,1-2H3,(H,27,28)/t13?,14-,17-. The zero-order chi connectivity index (χ0) is 21.3. The van der Waals surface area contributed by atoms with Crippen LogP contribution in [0.1, 0.15) is 55.7 Å². The number of ether oxygens (including phenoxy) is 2. The number of hydrogen-bond donors (Lipinski definition) is 1. The highest BCUT2D eigenvalue weighted by Crippen LogP contribution is 2.37. The zero-order valence-electron chi connectivity index (χ0n) is 17.3. The first-order chi connectivity index (χ1) is 14.5. The van der Waals surface area contributed by atoms with Gasteiger partial charge in [0, 0.05) is 18.1 Å². The van der Waals surface area contributed by atoms with Gasteiger partial charge in [-0.2, -0.15) is 0 Å². The highest BCUT2D eigenvalue weighted by atomic mass is 35.5. The molecule has 2 aliphatic rings. The Morgan fingerprint density at radius 2 is 2.03 bits per heavy atom. The van der Waals surface area contributed by atoms with Gasteiger partial charge in [-0.15, -0.1) is 10.2 Å². The summed E-state index contributed by atoms with van der Waals surface area (Å²) in [6.45, 7) is 3.09. The summed E-state index contributed by atoms with van der Waals surface area (Å²) >= 11 is 6.20. The average Bonchev–Trinajstić information content (AvgIpc) is 3.04. The van der Waals surface area contributed by atoms with Gasteiger partial charge in [-0.1, -0.05) is 11.6 Å². The number of nitrogens with zero attached hydrogens (tertiary/aromatic N) is 4. The highest BCUT2D eigenvalue weighted by molar-refractivity contribution is 6.30. The summed E-state index contributed by atoms with van der Waals surface area (Å²) in [4.78, 5) is 13.0. The smallest absolute Gasteiger partial charge is 0.408 e. The first-order valence-corrected chi connectivity index (χ1v) is 10.7. The van der Waals surface area contributed by atoms with Crippen LogP contribution in [0.25, 0.3) is 5.69 Å². The molecule has 0 bridgehead atoms. The van der Waals surface area contributed by atoms with E-state index >= 15 is 0 Å². The maximum atomic E-state index is 11.7. The molecular formula is C21H27ClN4O4. The molecule has 1 amide bonds. The second-order valence-electron chi connectivity index (χ2n) is 8.10. The average molecular weight is 435 g/mol. The maximum Gasteiger partial charge on any atom is 0.408 e. The lowest BCUT2D eigenvalue weighted by molar-refractivity contribution is -0.0538. The van der Waals surface area contributed by atoms with Gasteiger partial charge in [0.2, 0.25) is 0 Å². The number of benzene rings is 1. The van der Waals surface area contributed by atoms with Gasteiger partial charge in [-0.3, -0.25) is 9.47 Å². The van der Waals surface area contributed by atoms with Crippen LogP contribution in [0.15, 0.2) is 18.2 Å². The van der Waals surface area contributed by atoms with Crippen molar-refractivity contribution in [3.05, 3.63) is 40.4 Å². The van der Waals surface area contributed by atoms with Gasteiger partial charge in [0.05, 0.1) is 37.6 Å². The van der Waals surface area contributed by atoms with Crippen molar-refractivity contribution in [1.82, 2.24) is 19.7 Å². The van der Waals surface area contributed by atoms with E-state index < -0.39 is 6.09 Å². The lowest BCUT2D eigenvalue weighted by Gasteiger charge is -2.30. The third kappa shape index (κ3) is 4.31. The zero-order valence-corrected chi connectivity index (χ0v) is 18.0. The summed E-state index contributed by atoms with van der Waals surface area (Å²) in [6, 6.07) is 5.58. The second kappa shape index (κ2) is 8.91. The van der Waals surface area contributed by atoms with E-state index in [2.05, 4.69) is 10.2 Å². The summed E-state index contributed by atoms with van der Waals surface area (Å²) in [5, 5.41) is 19.0. The molecule has 1 aliphatic heterocycles. The van der Waals surface area contributed by atoms with Crippen molar-refractivity contribution < 1.29 is 19.4 Å². The molecular weight excluding hydrogens is 408 g/mol. The van der Waals surface area contributed by atoms with Crippen molar-refractivity contribution >= 4 is 17.7 Å². The number of rotatable bonds is 5. The minimum atomic E-state index is -0.984. The van der Waals surface area contributed by atoms with E-state index in [0.29, 0.717) is 17.5 Å². The SMILES string of the molecule is COCC(C)O[C@H]1CC[C@H](c2nnc3n2-c2ccc(Cl)cc2CN(C(=O)O)C3)CC1. The van der Waals surface area contributed by atoms with E-state index in [0.717, 1.165) is 42.8 Å². The Bertz CT molecular complexity index is 910. The Balaban J connectivity index is 1.59. The molecule has 1 aromatic heterocycles. The lowest BCUT2D eigenvalue weighted by atomic mass is 9.86. The molecule has 2 heterocycles. The predicted octanol–water partition coefficient (Wildman–Crippen LogP) is 3.99. The molecule has 1 unspecified atom stereocenters. The van der Waals surface area contributed by atoms with Crippen LogP contribution in [0, 0.1) is 0 Å². The van der Waals surface area contributed by atoms with Crippen molar-refractivity contribution in [2.45, 2.75) is 63.8 Å². The van der Waals surface area contributed by atoms with Crippen LogP contribution in [0.3, 0.4) is 0 Å². The number of hydrogen-bond acceptors (Lipinski definition) is 5. The Labute approximate surface area is 180 Å². The van der Waals surface area contributed by atoms with E-state index in [4.69, 9.17) is 21.1 Å². The first kappa shape index (κ1) is 21.1. The van der Waals surface area contributed by atoms with Gasteiger partial charge in [0.1, 0.15) is 5.82 Å². The molecule has 0 saturated heterocycles. The fourth-order valence-corrected chi connectivity index (χ4v) is 4.68. The van der Waals surface area contributed by atoms with Gasteiger partial charge >= 0.3 is 6.09 Å². The van der Waals surface area contributed by atoms with Crippen molar-refractivity contribution in [1.29, 1.82) is 0 Å². The molecule has 162 valence electrons. The first-order valence-electron chi connectivity index (χ1n) is 10.3. The van der Waals surface area contributed by atoms with Crippen molar-refractivity contribution in [2.24, 2.45) is 0 Å². The van der Waals surface area contributed by atoms with Gasteiger partial charge in [-0.25, -0.2) is 4.79 Å². The molecule has 9 heteroatoms. The third-order valence-corrected chi connectivity index (χ3v) is 6.10. The number of halogens is 1. The minimum absolute atomic E-state index is 0.0829. The molecule has 1 fully saturated rings. The topological polar surface area (TPSA) is 89.7 Å². The van der Waals surface area contributed by atoms with E-state index in [1.807, 2.05) is 29.7 Å². The van der Waals surface area contributed by atoms with Gasteiger partial charge in [0.15, 0.2) is 5.82 Å². The summed E-state index contributed by atoms with van der Waals surface area (Å²) in [6.07, 6.45) is 3.14. The van der Waals surface area contributed by atoms with Crippen LogP contribution < -0.4 is 0 Å². The Kier molecular flexibility index (Phi) is 6.26. The fraction of sp³-hybridized carbons (Fsp3) is 0.571. The molecule has 2 aromatic rings. The Morgan fingerprint density at radius 3 is 2.73 bits per heavy atom. The van der Waals surface area contributed by atoms with Crippen LogP contribution in [-0.2, 0) is 22.6 Å². The molecule has 0 radical (unpaired) electrons. The summed E-state index contributed by atoms with van der Waals surface area (Å²) in [5.41, 5.74) is 1.76. The molecule has 4 rings (SSSR count). The largest absolute Gasteiger partial charge is 0.465 e. The molecule has 30 heavy (non-hydrogen) atoms. The number of carbonyl (C=O) groups is 1. The minimum Gasteiger partial charge on any atom is -0.465 e. The van der Waals surface area contributed by atoms with Gasteiger partial charge in [-0.05, 0) is 56.4 Å². The molecule has 0 spiro atoms. The third-order valence-electron chi connectivity index (χ3n) is 5.87. The predicted molar refractivity (Wildman–Crippen MR) is 111 cm³/mol. The number of carboxylic acid groups (broad SMARTS) is 1. The van der Waals surface area contributed by atoms with Crippen LogP contribution in [-0.4, -0.2) is 56.8 Å². The van der Waals surface area contributed by atoms with Crippen molar-refractivity contribution in [2.75, 3.05) is 13.7 Å². The highest BCUT2D eigenvalue weighted by Gasteiger charge is 2.32. The number of methoxy groups -OCH3 is 1. The summed E-state index contributed by atoms with van der Waals surface area (Å²) in [5.74, 6) is 1.79. The number of amides is 1. The van der Waals surface area contributed by atoms with Crippen LogP contribution in [0.4, 0.5) is 4.79 Å². The molecule has 1 aliphatic carbocycles. The molecule has 1 saturated carbocycles. The van der Waals surface area contributed by atoms with Crippen LogP contribution in [0.5, 0.6) is 0 Å². The van der Waals surface area contributed by atoms with E-state index in [1.54, 1.807) is 7.11 Å². The van der Waals surface area contributed by atoms with E-state index in [-0.39, 0.29) is 31.2 Å². The van der Waals surface area contributed by atoms with Crippen LogP contribution in [0.2, 0.25) is 5.02 Å². The Hall–Kier alpha value is -2.16. The van der Waals surface area contributed by atoms with E-state index in [9.17, 15) is 9.90 Å². The fourth-order valence-electron chi connectivity index (χ4n) is 4.49. The quantitative estimate of drug-likeness (QED) is 0.765. The van der Waals surface area contributed by atoms with Crippen molar-refractivity contribution in [3.63, 3.8) is 0 Å². The maximum absolute atomic E-state index is 11.7. The summed E-state index contributed by atoms with van der Waals surface area (Å²) < 4.78 is 13.3. The van der Waals surface area contributed by atoms with E-state index in [1.165, 1.54) is 4.90 Å². The summed E-state index contributed by atoms with van der Waals surface area (Å²) in [7, 11) is 1.68. The molecule has 1 N–H and O–H groups in total. The number of fused-ring (bicyclic) bond motifs is 3. The molecule has 1 aromatic carbocycles. The lowest BCUT2D eigenvalue weighted by Crippen LogP contribution is -2.28. The molecule has 1 atom stereocenters. The van der Waals surface area contributed by atoms with Crippen molar-refractivity contribution in [3.8, 4) is 5.69 Å². The van der Waals surface area contributed by atoms with Gasteiger partial charge < -0.3 is 14.6 Å². The number of aromatic nitrogens is 3. The normalized spacial score (nSPS) is 22.2. The Morgan fingerprint density at radius 1 is 1.27 bits per heavy atom. The van der Waals surface area contributed by atoms with Gasteiger partial charge in [0.25, 0.3) is 0 Å². The monoisotopic (exact) mass is 434 g/mol. The second-order valence-corrected chi connectivity index (χ2v) is 8.53. The van der Waals surface area contributed by atoms with Crippen LogP contribution >= 0.6 is 11.6 Å². The molecule has 8 nitrogen and oxygen atoms in total.